The molecule has 0 bridgehead atoms. The molecule has 174 valence electrons. The van der Waals surface area contributed by atoms with Crippen molar-refractivity contribution in [3.8, 4) is 0 Å². The Morgan fingerprint density at radius 1 is 1.22 bits per heavy atom. The number of allylic oxidation sites excluding steroid dienone is 1. The Labute approximate surface area is 188 Å². The highest BCUT2D eigenvalue weighted by Gasteiger charge is 2.53. The molecule has 0 aromatic heterocycles. The molecule has 0 spiro atoms. The number of likely N-dealkylation sites (tertiary alicyclic amines) is 1. The van der Waals surface area contributed by atoms with Crippen LogP contribution in [0.3, 0.4) is 0 Å². The van der Waals surface area contributed by atoms with Gasteiger partial charge < -0.3 is 9.64 Å². The van der Waals surface area contributed by atoms with Crippen molar-refractivity contribution in [2.45, 2.75) is 33.6 Å². The highest BCUT2D eigenvalue weighted by Crippen LogP contribution is 2.53. The smallest absolute Gasteiger partial charge is 0.229 e. The molecule has 1 amide bonds. The SMILES string of the molecule is CN=N/C(=C\C1[C@H](C(C)C)CC[C@]1(C)C(=O)N1CC2COCC2C1)c1c(F)cccc1F. The fraction of sp³-hybridized carbons (Fsp3) is 0.640. The Kier molecular flexibility index (Phi) is 6.48. The minimum atomic E-state index is -0.678. The number of azo groups is 1. The molecule has 7 heteroatoms. The van der Waals surface area contributed by atoms with Crippen LogP contribution in [0.15, 0.2) is 34.5 Å². The maximum atomic E-state index is 14.6. The molecule has 1 aromatic rings. The number of hydrogen-bond acceptors (Lipinski definition) is 4. The van der Waals surface area contributed by atoms with Crippen LogP contribution in [-0.4, -0.2) is 44.2 Å². The third-order valence-corrected chi connectivity index (χ3v) is 7.83. The predicted molar refractivity (Wildman–Crippen MR) is 119 cm³/mol. The first kappa shape index (κ1) is 23.0. The molecule has 1 saturated carbocycles. The summed E-state index contributed by atoms with van der Waals surface area (Å²) in [7, 11) is 1.48. The Balaban J connectivity index is 1.72. The molecule has 3 aliphatic rings. The van der Waals surface area contributed by atoms with E-state index < -0.39 is 17.0 Å². The minimum Gasteiger partial charge on any atom is -0.381 e. The maximum Gasteiger partial charge on any atom is 0.229 e. The van der Waals surface area contributed by atoms with Gasteiger partial charge in [0.05, 0.1) is 29.9 Å². The van der Waals surface area contributed by atoms with E-state index in [0.29, 0.717) is 17.8 Å². The number of benzene rings is 1. The average molecular weight is 446 g/mol. The van der Waals surface area contributed by atoms with Gasteiger partial charge in [-0.2, -0.15) is 10.2 Å². The molecule has 0 radical (unpaired) electrons. The fourth-order valence-corrected chi connectivity index (χ4v) is 5.99. The number of carbonyl (C=O) groups excluding carboxylic acids is 1. The summed E-state index contributed by atoms with van der Waals surface area (Å²) < 4.78 is 34.8. The normalized spacial score (nSPS) is 33.0. The molecule has 3 unspecified atom stereocenters. The number of rotatable bonds is 5. The van der Waals surface area contributed by atoms with Crippen LogP contribution in [0.4, 0.5) is 8.78 Å². The number of amides is 1. The van der Waals surface area contributed by atoms with Gasteiger partial charge in [-0.1, -0.05) is 32.9 Å². The van der Waals surface area contributed by atoms with Crippen molar-refractivity contribution in [1.82, 2.24) is 4.90 Å². The average Bonchev–Trinajstić information content (AvgIpc) is 3.42. The number of carbonyl (C=O) groups is 1. The van der Waals surface area contributed by atoms with Crippen LogP contribution in [0.2, 0.25) is 0 Å². The monoisotopic (exact) mass is 445 g/mol. The zero-order valence-electron chi connectivity index (χ0n) is 19.4. The third-order valence-electron chi connectivity index (χ3n) is 7.83. The van der Waals surface area contributed by atoms with Gasteiger partial charge in [-0.15, -0.1) is 0 Å². The summed E-state index contributed by atoms with van der Waals surface area (Å²) in [4.78, 5) is 15.8. The second-order valence-electron chi connectivity index (χ2n) is 10.1. The molecule has 1 aromatic carbocycles. The lowest BCUT2D eigenvalue weighted by molar-refractivity contribution is -0.142. The third kappa shape index (κ3) is 4.00. The molecule has 1 aliphatic carbocycles. The Hall–Kier alpha value is -2.15. The van der Waals surface area contributed by atoms with Crippen molar-refractivity contribution >= 4 is 11.6 Å². The lowest BCUT2D eigenvalue weighted by Crippen LogP contribution is -2.44. The van der Waals surface area contributed by atoms with Crippen LogP contribution in [0.5, 0.6) is 0 Å². The van der Waals surface area contributed by atoms with E-state index in [1.54, 1.807) is 0 Å². The first-order valence-corrected chi connectivity index (χ1v) is 11.6. The zero-order chi connectivity index (χ0) is 23.0. The largest absolute Gasteiger partial charge is 0.381 e. The van der Waals surface area contributed by atoms with Crippen molar-refractivity contribution in [2.75, 3.05) is 33.4 Å². The van der Waals surface area contributed by atoms with Crippen molar-refractivity contribution in [1.29, 1.82) is 0 Å². The summed E-state index contributed by atoms with van der Waals surface area (Å²) in [5.41, 5.74) is -0.675. The van der Waals surface area contributed by atoms with Crippen molar-refractivity contribution < 1.29 is 18.3 Å². The van der Waals surface area contributed by atoms with E-state index in [4.69, 9.17) is 4.74 Å². The number of ether oxygens (including phenoxy) is 1. The highest BCUT2D eigenvalue weighted by atomic mass is 19.1. The predicted octanol–water partition coefficient (Wildman–Crippen LogP) is 5.18. The topological polar surface area (TPSA) is 54.3 Å². The van der Waals surface area contributed by atoms with E-state index in [2.05, 4.69) is 24.1 Å². The first-order chi connectivity index (χ1) is 15.3. The quantitative estimate of drug-likeness (QED) is 0.587. The van der Waals surface area contributed by atoms with E-state index in [9.17, 15) is 13.6 Å². The summed E-state index contributed by atoms with van der Waals surface area (Å²) in [6, 6.07) is 3.78. The van der Waals surface area contributed by atoms with Crippen LogP contribution in [0.25, 0.3) is 5.70 Å². The van der Waals surface area contributed by atoms with E-state index >= 15 is 0 Å². The second kappa shape index (κ2) is 9.00. The fourth-order valence-electron chi connectivity index (χ4n) is 5.99. The highest BCUT2D eigenvalue weighted by molar-refractivity contribution is 5.84. The van der Waals surface area contributed by atoms with Gasteiger partial charge in [0.25, 0.3) is 0 Å². The molecule has 5 nitrogen and oxygen atoms in total. The standard InChI is InChI=1S/C25H33F2N3O2/c1-15(2)18-8-9-25(3,24(31)30-11-16-13-32-14-17(16)12-30)19(18)10-22(29-28-4)23-20(26)6-5-7-21(23)27/h5-7,10,15-19H,8-9,11-14H2,1-4H3/b22-10-,29-28?/t16?,17?,18-,19?,25-/m0/s1. The summed E-state index contributed by atoms with van der Waals surface area (Å²) in [6.45, 7) is 9.19. The van der Waals surface area contributed by atoms with Crippen molar-refractivity contribution in [3.63, 3.8) is 0 Å². The summed E-state index contributed by atoms with van der Waals surface area (Å²) >= 11 is 0. The molecule has 5 atom stereocenters. The summed E-state index contributed by atoms with van der Waals surface area (Å²) in [5, 5.41) is 7.94. The van der Waals surface area contributed by atoms with Crippen LogP contribution < -0.4 is 0 Å². The Morgan fingerprint density at radius 2 is 1.84 bits per heavy atom. The Morgan fingerprint density at radius 3 is 2.41 bits per heavy atom. The first-order valence-electron chi connectivity index (χ1n) is 11.6. The lowest BCUT2D eigenvalue weighted by atomic mass is 9.72. The van der Waals surface area contributed by atoms with Crippen LogP contribution in [-0.2, 0) is 9.53 Å². The van der Waals surface area contributed by atoms with Gasteiger partial charge in [-0.3, -0.25) is 4.79 Å². The molecule has 3 fully saturated rings. The molecule has 4 rings (SSSR count). The van der Waals surface area contributed by atoms with Gasteiger partial charge >= 0.3 is 0 Å². The number of halogens is 2. The van der Waals surface area contributed by atoms with E-state index in [1.165, 1.54) is 25.2 Å². The van der Waals surface area contributed by atoms with Crippen LogP contribution in [0, 0.1) is 46.6 Å². The van der Waals surface area contributed by atoms with Gasteiger partial charge in [0.15, 0.2) is 0 Å². The van der Waals surface area contributed by atoms with E-state index in [0.717, 1.165) is 39.1 Å². The number of hydrogen-bond donors (Lipinski definition) is 0. The van der Waals surface area contributed by atoms with Gasteiger partial charge in [0.2, 0.25) is 5.91 Å². The van der Waals surface area contributed by atoms with Gasteiger partial charge in [-0.05, 0) is 42.7 Å². The molecule has 2 aliphatic heterocycles. The van der Waals surface area contributed by atoms with E-state index in [-0.39, 0.29) is 29.0 Å². The Bertz CT molecular complexity index is 900. The zero-order valence-corrected chi connectivity index (χ0v) is 19.4. The van der Waals surface area contributed by atoms with E-state index in [1.807, 2.05) is 17.9 Å². The molecular weight excluding hydrogens is 412 g/mol. The molecule has 2 saturated heterocycles. The van der Waals surface area contributed by atoms with Gasteiger partial charge in [-0.25, -0.2) is 8.78 Å². The number of fused-ring (bicyclic) bond motifs is 1. The minimum absolute atomic E-state index is 0.137. The van der Waals surface area contributed by atoms with Crippen molar-refractivity contribution in [2.24, 2.45) is 45.2 Å². The summed E-state index contributed by atoms with van der Waals surface area (Å²) in [5.74, 6) is -0.0454. The van der Waals surface area contributed by atoms with Gasteiger partial charge in [0, 0.05) is 32.0 Å². The molecule has 0 N–H and O–H groups in total. The molecule has 2 heterocycles. The lowest BCUT2D eigenvalue weighted by Gasteiger charge is -2.36. The second-order valence-corrected chi connectivity index (χ2v) is 10.1. The van der Waals surface area contributed by atoms with Crippen LogP contribution in [0.1, 0.15) is 39.2 Å². The molecule has 32 heavy (non-hydrogen) atoms. The van der Waals surface area contributed by atoms with Crippen LogP contribution >= 0.6 is 0 Å². The van der Waals surface area contributed by atoms with Crippen molar-refractivity contribution in [3.05, 3.63) is 41.5 Å². The van der Waals surface area contributed by atoms with Gasteiger partial charge in [0.1, 0.15) is 11.6 Å². The molecular formula is C25H33F2N3O2. The maximum absolute atomic E-state index is 14.6. The number of nitrogens with zero attached hydrogens (tertiary/aromatic N) is 3. The summed E-state index contributed by atoms with van der Waals surface area (Å²) in [6.07, 6.45) is 3.44.